The molecule has 1 fully saturated rings. The van der Waals surface area contributed by atoms with E-state index in [4.69, 9.17) is 4.74 Å². The summed E-state index contributed by atoms with van der Waals surface area (Å²) in [7, 11) is 1.18. The molecule has 23 heavy (non-hydrogen) atoms. The second-order valence-electron chi connectivity index (χ2n) is 4.47. The van der Waals surface area contributed by atoms with E-state index in [0.717, 1.165) is 4.90 Å². The summed E-state index contributed by atoms with van der Waals surface area (Å²) >= 11 is 0.696. The summed E-state index contributed by atoms with van der Waals surface area (Å²) in [6.07, 6.45) is 1.39. The second-order valence-corrected chi connectivity index (χ2v) is 5.46. The molecule has 0 unspecified atom stereocenters. The van der Waals surface area contributed by atoms with E-state index in [1.807, 2.05) is 0 Å². The van der Waals surface area contributed by atoms with Crippen LogP contribution in [-0.4, -0.2) is 47.4 Å². The lowest BCUT2D eigenvalue weighted by Crippen LogP contribution is -2.34. The van der Waals surface area contributed by atoms with Crippen molar-refractivity contribution in [1.82, 2.24) is 4.90 Å². The molecule has 1 N–H and O–H groups in total. The van der Waals surface area contributed by atoms with Crippen LogP contribution in [0.4, 0.5) is 4.79 Å². The average Bonchev–Trinajstić information content (AvgIpc) is 2.79. The molecule has 1 aromatic carbocycles. The van der Waals surface area contributed by atoms with Crippen molar-refractivity contribution in [3.63, 3.8) is 0 Å². The molecule has 7 nitrogen and oxygen atoms in total. The van der Waals surface area contributed by atoms with Gasteiger partial charge < -0.3 is 14.6 Å². The molecular formula is C15H15NO6S. The molecule has 8 heteroatoms. The van der Waals surface area contributed by atoms with E-state index in [0.29, 0.717) is 23.9 Å². The molecule has 1 aromatic rings. The number of carbonyl (C=O) groups excluding carboxylic acids is 3. The number of amides is 2. The summed E-state index contributed by atoms with van der Waals surface area (Å²) in [6.45, 7) is 1.72. The minimum Gasteiger partial charge on any atom is -0.504 e. The Morgan fingerprint density at radius 3 is 2.78 bits per heavy atom. The highest BCUT2D eigenvalue weighted by atomic mass is 32.2. The monoisotopic (exact) mass is 337 g/mol. The Hall–Kier alpha value is -2.48. The van der Waals surface area contributed by atoms with Crippen LogP contribution in [0.25, 0.3) is 6.08 Å². The fourth-order valence-electron chi connectivity index (χ4n) is 1.90. The SMILES string of the molecule is CCOc1cccc(C=C2SC(=O)N(CC(=O)OC)C2=O)c1O. The van der Waals surface area contributed by atoms with Gasteiger partial charge in [-0.1, -0.05) is 12.1 Å². The molecular weight excluding hydrogens is 322 g/mol. The largest absolute Gasteiger partial charge is 0.504 e. The number of thioether (sulfide) groups is 1. The Morgan fingerprint density at radius 1 is 1.39 bits per heavy atom. The van der Waals surface area contributed by atoms with Crippen molar-refractivity contribution in [3.8, 4) is 11.5 Å². The lowest BCUT2D eigenvalue weighted by molar-refractivity contribution is -0.143. The van der Waals surface area contributed by atoms with E-state index in [9.17, 15) is 19.5 Å². The summed E-state index contributed by atoms with van der Waals surface area (Å²) in [6, 6.07) is 4.85. The zero-order valence-corrected chi connectivity index (χ0v) is 13.4. The Kier molecular flexibility index (Phi) is 5.28. The van der Waals surface area contributed by atoms with Crippen LogP contribution in [0.1, 0.15) is 12.5 Å². The fraction of sp³-hybridized carbons (Fsp3) is 0.267. The molecule has 0 saturated carbocycles. The number of benzene rings is 1. The van der Waals surface area contributed by atoms with Crippen LogP contribution in [0.5, 0.6) is 11.5 Å². The molecule has 1 saturated heterocycles. The number of hydrogen-bond donors (Lipinski definition) is 1. The van der Waals surface area contributed by atoms with E-state index in [-0.39, 0.29) is 16.4 Å². The molecule has 122 valence electrons. The molecule has 2 amide bonds. The Labute approximate surface area is 136 Å². The first-order chi connectivity index (χ1) is 11.0. The van der Waals surface area contributed by atoms with Crippen LogP contribution in [0, 0.1) is 0 Å². The van der Waals surface area contributed by atoms with E-state index < -0.39 is 23.7 Å². The number of methoxy groups -OCH3 is 1. The van der Waals surface area contributed by atoms with Crippen LogP contribution in [0.15, 0.2) is 23.1 Å². The maximum atomic E-state index is 12.2. The molecule has 0 radical (unpaired) electrons. The maximum Gasteiger partial charge on any atom is 0.325 e. The number of phenolic OH excluding ortho intramolecular Hbond substituents is 1. The van der Waals surface area contributed by atoms with Gasteiger partial charge in [-0.25, -0.2) is 0 Å². The minimum atomic E-state index is -0.685. The van der Waals surface area contributed by atoms with Crippen molar-refractivity contribution in [2.45, 2.75) is 6.92 Å². The van der Waals surface area contributed by atoms with Gasteiger partial charge in [0.1, 0.15) is 6.54 Å². The van der Waals surface area contributed by atoms with Crippen molar-refractivity contribution in [2.75, 3.05) is 20.3 Å². The summed E-state index contributed by atoms with van der Waals surface area (Å²) in [5, 5.41) is 9.56. The molecule has 1 aliphatic heterocycles. The molecule has 0 aliphatic carbocycles. The van der Waals surface area contributed by atoms with Gasteiger partial charge >= 0.3 is 5.97 Å². The topological polar surface area (TPSA) is 93.1 Å². The van der Waals surface area contributed by atoms with Gasteiger partial charge in [0, 0.05) is 5.56 Å². The van der Waals surface area contributed by atoms with Crippen molar-refractivity contribution in [3.05, 3.63) is 28.7 Å². The molecule has 1 aliphatic rings. The molecule has 1 heterocycles. The Bertz CT molecular complexity index is 685. The standard InChI is InChI=1S/C15H15NO6S/c1-3-22-10-6-4-5-9(13(10)18)7-11-14(19)16(15(20)23-11)8-12(17)21-2/h4-7,18H,3,8H2,1-2H3. The smallest absolute Gasteiger partial charge is 0.325 e. The molecule has 0 aromatic heterocycles. The lowest BCUT2D eigenvalue weighted by Gasteiger charge is -2.10. The minimum absolute atomic E-state index is 0.114. The number of hydrogen-bond acceptors (Lipinski definition) is 7. The highest BCUT2D eigenvalue weighted by molar-refractivity contribution is 8.18. The first-order valence-electron chi connectivity index (χ1n) is 6.74. The molecule has 0 bridgehead atoms. The van der Waals surface area contributed by atoms with Crippen molar-refractivity contribution in [1.29, 1.82) is 0 Å². The van der Waals surface area contributed by atoms with Crippen LogP contribution >= 0.6 is 11.8 Å². The summed E-state index contributed by atoms with van der Waals surface area (Å²) in [5.74, 6) is -1.12. The van der Waals surface area contributed by atoms with E-state index in [1.165, 1.54) is 13.2 Å². The molecule has 2 rings (SSSR count). The Balaban J connectivity index is 2.27. The quantitative estimate of drug-likeness (QED) is 0.649. The van der Waals surface area contributed by atoms with Gasteiger partial charge in [-0.2, -0.15) is 0 Å². The van der Waals surface area contributed by atoms with Crippen molar-refractivity contribution >= 4 is 35.0 Å². The van der Waals surface area contributed by atoms with Gasteiger partial charge in [0.25, 0.3) is 11.1 Å². The number of imide groups is 1. The van der Waals surface area contributed by atoms with Crippen molar-refractivity contribution < 1.29 is 29.0 Å². The third-order valence-electron chi connectivity index (χ3n) is 3.01. The van der Waals surface area contributed by atoms with E-state index in [2.05, 4.69) is 4.74 Å². The number of ether oxygens (including phenoxy) is 2. The number of para-hydroxylation sites is 1. The van der Waals surface area contributed by atoms with Gasteiger partial charge in [0.15, 0.2) is 11.5 Å². The van der Waals surface area contributed by atoms with Crippen LogP contribution in [0.2, 0.25) is 0 Å². The van der Waals surface area contributed by atoms with Crippen molar-refractivity contribution in [2.24, 2.45) is 0 Å². The van der Waals surface area contributed by atoms with Gasteiger partial charge in [-0.05, 0) is 30.8 Å². The first-order valence-corrected chi connectivity index (χ1v) is 7.56. The lowest BCUT2D eigenvalue weighted by atomic mass is 10.1. The van der Waals surface area contributed by atoms with Gasteiger partial charge in [0.2, 0.25) is 0 Å². The highest BCUT2D eigenvalue weighted by Crippen LogP contribution is 2.36. The summed E-state index contributed by atoms with van der Waals surface area (Å²) in [5.41, 5.74) is 0.347. The van der Waals surface area contributed by atoms with Gasteiger partial charge in [-0.15, -0.1) is 0 Å². The summed E-state index contributed by atoms with van der Waals surface area (Å²) < 4.78 is 9.72. The highest BCUT2D eigenvalue weighted by Gasteiger charge is 2.36. The van der Waals surface area contributed by atoms with Crippen LogP contribution in [-0.2, 0) is 14.3 Å². The zero-order chi connectivity index (χ0) is 17.0. The Morgan fingerprint density at radius 2 is 2.13 bits per heavy atom. The number of rotatable bonds is 5. The number of nitrogens with zero attached hydrogens (tertiary/aromatic N) is 1. The van der Waals surface area contributed by atoms with Gasteiger partial charge in [0.05, 0.1) is 18.6 Å². The number of esters is 1. The third kappa shape index (κ3) is 3.65. The normalized spacial score (nSPS) is 16.1. The zero-order valence-electron chi connectivity index (χ0n) is 12.6. The number of carbonyl (C=O) groups is 3. The second kappa shape index (κ2) is 7.19. The van der Waals surface area contributed by atoms with Gasteiger partial charge in [-0.3, -0.25) is 19.3 Å². The fourth-order valence-corrected chi connectivity index (χ4v) is 2.73. The molecule has 0 spiro atoms. The predicted molar refractivity (Wildman–Crippen MR) is 84.0 cm³/mol. The number of aromatic hydroxyl groups is 1. The van der Waals surface area contributed by atoms with Crippen LogP contribution < -0.4 is 4.74 Å². The van der Waals surface area contributed by atoms with E-state index >= 15 is 0 Å². The number of phenols is 1. The third-order valence-corrected chi connectivity index (χ3v) is 3.91. The predicted octanol–water partition coefficient (Wildman–Crippen LogP) is 2.00. The summed E-state index contributed by atoms with van der Waals surface area (Å²) in [4.78, 5) is 36.2. The van der Waals surface area contributed by atoms with Crippen LogP contribution in [0.3, 0.4) is 0 Å². The maximum absolute atomic E-state index is 12.2. The average molecular weight is 337 g/mol. The molecule has 0 atom stereocenters. The first kappa shape index (κ1) is 16.9. The van der Waals surface area contributed by atoms with E-state index in [1.54, 1.807) is 25.1 Å².